The van der Waals surface area contributed by atoms with Crippen LogP contribution in [0.4, 0.5) is 20.2 Å². The molecule has 1 aliphatic carbocycles. The van der Waals surface area contributed by atoms with Gasteiger partial charge in [-0.1, -0.05) is 46.1 Å². The van der Waals surface area contributed by atoms with E-state index in [4.69, 9.17) is 4.74 Å². The van der Waals surface area contributed by atoms with Crippen molar-refractivity contribution in [1.29, 1.82) is 0 Å². The van der Waals surface area contributed by atoms with Crippen molar-refractivity contribution in [2.24, 2.45) is 5.92 Å². The van der Waals surface area contributed by atoms with E-state index in [0.717, 1.165) is 25.7 Å². The van der Waals surface area contributed by atoms with Gasteiger partial charge in [0.15, 0.2) is 0 Å². The number of carbonyl (C=O) groups is 2. The molecule has 0 heterocycles. The number of hydrogen-bond acceptors (Lipinski definition) is 4. The predicted octanol–water partition coefficient (Wildman–Crippen LogP) is 7.31. The summed E-state index contributed by atoms with van der Waals surface area (Å²) in [6, 6.07) is 7.67. The fourth-order valence-electron chi connectivity index (χ4n) is 5.44. The summed E-state index contributed by atoms with van der Waals surface area (Å²) < 4.78 is 35.6. The SMILES string of the molecule is CCOc1ccc(CC(=O)Nc2cc(C(CC)CC(=O)O)c(F)cc2N(CC(C)C)C2CCCCC2)c(F)c1. The van der Waals surface area contributed by atoms with E-state index in [1.54, 1.807) is 12.1 Å². The lowest BCUT2D eigenvalue weighted by Crippen LogP contribution is -2.40. The van der Waals surface area contributed by atoms with Gasteiger partial charge in [0.25, 0.3) is 0 Å². The lowest BCUT2D eigenvalue weighted by atomic mass is 9.90. The normalized spacial score (nSPS) is 14.7. The van der Waals surface area contributed by atoms with Crippen LogP contribution in [0, 0.1) is 17.6 Å². The number of rotatable bonds is 13. The molecule has 3 rings (SSSR count). The quantitative estimate of drug-likeness (QED) is 0.276. The zero-order chi connectivity index (χ0) is 28.5. The first-order chi connectivity index (χ1) is 18.6. The lowest BCUT2D eigenvalue weighted by Gasteiger charge is -2.38. The second-order valence-corrected chi connectivity index (χ2v) is 10.8. The van der Waals surface area contributed by atoms with Gasteiger partial charge in [0.2, 0.25) is 5.91 Å². The molecule has 1 atom stereocenters. The van der Waals surface area contributed by atoms with Gasteiger partial charge in [0.1, 0.15) is 17.4 Å². The van der Waals surface area contributed by atoms with Gasteiger partial charge in [-0.2, -0.15) is 0 Å². The number of carbonyl (C=O) groups excluding carboxylic acids is 1. The molecule has 39 heavy (non-hydrogen) atoms. The van der Waals surface area contributed by atoms with Crippen molar-refractivity contribution in [2.75, 3.05) is 23.4 Å². The van der Waals surface area contributed by atoms with Crippen molar-refractivity contribution >= 4 is 23.3 Å². The minimum atomic E-state index is -1.01. The van der Waals surface area contributed by atoms with Crippen LogP contribution in [0.3, 0.4) is 0 Å². The molecule has 0 radical (unpaired) electrons. The molecule has 0 aliphatic heterocycles. The Balaban J connectivity index is 2.00. The number of carboxylic acids is 1. The Morgan fingerprint density at radius 3 is 2.38 bits per heavy atom. The Labute approximate surface area is 230 Å². The van der Waals surface area contributed by atoms with Gasteiger partial charge in [-0.05, 0) is 67.3 Å². The van der Waals surface area contributed by atoms with Crippen LogP contribution in [0.1, 0.15) is 89.7 Å². The minimum absolute atomic E-state index is 0.204. The first-order valence-electron chi connectivity index (χ1n) is 14.2. The van der Waals surface area contributed by atoms with Gasteiger partial charge in [0, 0.05) is 18.7 Å². The van der Waals surface area contributed by atoms with Crippen LogP contribution in [-0.4, -0.2) is 36.2 Å². The minimum Gasteiger partial charge on any atom is -0.494 e. The maximum absolute atomic E-state index is 15.6. The molecule has 2 aromatic carbocycles. The van der Waals surface area contributed by atoms with Crippen molar-refractivity contribution in [3.63, 3.8) is 0 Å². The van der Waals surface area contributed by atoms with E-state index in [9.17, 15) is 19.1 Å². The highest BCUT2D eigenvalue weighted by molar-refractivity contribution is 5.96. The third kappa shape index (κ3) is 8.41. The number of aliphatic carboxylic acids is 1. The summed E-state index contributed by atoms with van der Waals surface area (Å²) in [5, 5.41) is 12.3. The molecule has 214 valence electrons. The van der Waals surface area contributed by atoms with E-state index in [1.165, 1.54) is 24.6 Å². The van der Waals surface area contributed by atoms with Crippen molar-refractivity contribution in [3.05, 3.63) is 53.1 Å². The number of amides is 1. The van der Waals surface area contributed by atoms with Gasteiger partial charge in [-0.25, -0.2) is 8.78 Å². The molecule has 0 aromatic heterocycles. The van der Waals surface area contributed by atoms with Crippen LogP contribution >= 0.6 is 0 Å². The Hall–Kier alpha value is -3.16. The number of benzene rings is 2. The summed E-state index contributed by atoms with van der Waals surface area (Å²) >= 11 is 0. The van der Waals surface area contributed by atoms with Crippen LogP contribution < -0.4 is 15.0 Å². The average molecular weight is 545 g/mol. The zero-order valence-electron chi connectivity index (χ0n) is 23.6. The number of anilines is 2. The van der Waals surface area contributed by atoms with Crippen LogP contribution in [0.15, 0.2) is 30.3 Å². The molecule has 1 unspecified atom stereocenters. The van der Waals surface area contributed by atoms with Crippen molar-refractivity contribution < 1.29 is 28.2 Å². The third-order valence-corrected chi connectivity index (χ3v) is 7.32. The number of nitrogens with zero attached hydrogens (tertiary/aromatic N) is 1. The molecule has 1 amide bonds. The molecule has 6 nitrogen and oxygen atoms in total. The molecule has 2 aromatic rings. The molecule has 1 fully saturated rings. The standard InChI is InChI=1S/C31H42F2N2O4/c1-5-21(15-31(37)38)25-17-28(34-30(36)14-22-12-13-24(39-6-2)16-26(22)32)29(18-27(25)33)35(19-20(3)4)23-10-8-7-9-11-23/h12-13,16-18,20-21,23H,5-11,14-15,19H2,1-4H3,(H,34,36)(H,37,38). The maximum atomic E-state index is 15.6. The smallest absolute Gasteiger partial charge is 0.303 e. The van der Waals surface area contributed by atoms with Crippen LogP contribution in [0.5, 0.6) is 5.75 Å². The first kappa shape index (κ1) is 30.4. The summed E-state index contributed by atoms with van der Waals surface area (Å²) in [6.45, 7) is 8.93. The van der Waals surface area contributed by atoms with E-state index in [1.807, 2.05) is 13.8 Å². The Morgan fingerprint density at radius 2 is 1.79 bits per heavy atom. The number of nitrogens with one attached hydrogen (secondary N) is 1. The molecule has 8 heteroatoms. The molecule has 0 bridgehead atoms. The molecular weight excluding hydrogens is 502 g/mol. The maximum Gasteiger partial charge on any atom is 0.303 e. The van der Waals surface area contributed by atoms with E-state index < -0.39 is 29.4 Å². The van der Waals surface area contributed by atoms with Gasteiger partial charge in [0.05, 0.1) is 30.8 Å². The van der Waals surface area contributed by atoms with E-state index in [2.05, 4.69) is 24.1 Å². The molecule has 1 saturated carbocycles. The highest BCUT2D eigenvalue weighted by atomic mass is 19.1. The zero-order valence-corrected chi connectivity index (χ0v) is 23.6. The second kappa shape index (κ2) is 14.3. The van der Waals surface area contributed by atoms with Gasteiger partial charge in [-0.15, -0.1) is 0 Å². The monoisotopic (exact) mass is 544 g/mol. The highest BCUT2D eigenvalue weighted by Gasteiger charge is 2.28. The Morgan fingerprint density at radius 1 is 1.08 bits per heavy atom. The fraction of sp³-hybridized carbons (Fsp3) is 0.548. The summed E-state index contributed by atoms with van der Waals surface area (Å²) in [4.78, 5) is 26.9. The van der Waals surface area contributed by atoms with Crippen molar-refractivity contribution in [3.8, 4) is 5.75 Å². The number of hydrogen-bond donors (Lipinski definition) is 2. The Bertz CT molecular complexity index is 1130. The topological polar surface area (TPSA) is 78.9 Å². The summed E-state index contributed by atoms with van der Waals surface area (Å²) in [7, 11) is 0. The van der Waals surface area contributed by atoms with Gasteiger partial charge in [-0.3, -0.25) is 9.59 Å². The lowest BCUT2D eigenvalue weighted by molar-refractivity contribution is -0.137. The third-order valence-electron chi connectivity index (χ3n) is 7.32. The molecule has 0 saturated heterocycles. The average Bonchev–Trinajstić information content (AvgIpc) is 2.89. The van der Waals surface area contributed by atoms with Crippen LogP contribution in [-0.2, 0) is 16.0 Å². The van der Waals surface area contributed by atoms with E-state index in [-0.39, 0.29) is 30.0 Å². The molecule has 1 aliphatic rings. The predicted molar refractivity (Wildman–Crippen MR) is 151 cm³/mol. The number of halogens is 2. The summed E-state index contributed by atoms with van der Waals surface area (Å²) in [5.41, 5.74) is 1.50. The van der Waals surface area contributed by atoms with E-state index in [0.29, 0.717) is 42.6 Å². The van der Waals surface area contributed by atoms with Crippen LogP contribution in [0.25, 0.3) is 0 Å². The number of ether oxygens (including phenoxy) is 1. The molecule has 2 N–H and O–H groups in total. The first-order valence-corrected chi connectivity index (χ1v) is 14.2. The highest BCUT2D eigenvalue weighted by Crippen LogP contribution is 2.38. The fourth-order valence-corrected chi connectivity index (χ4v) is 5.44. The summed E-state index contributed by atoms with van der Waals surface area (Å²) in [5.74, 6) is -2.30. The summed E-state index contributed by atoms with van der Waals surface area (Å²) in [6.07, 6.45) is 5.34. The van der Waals surface area contributed by atoms with Crippen LogP contribution in [0.2, 0.25) is 0 Å². The Kier molecular flexibility index (Phi) is 11.1. The molecule has 0 spiro atoms. The molecular formula is C31H42F2N2O4. The van der Waals surface area contributed by atoms with Crippen molar-refractivity contribution in [1.82, 2.24) is 0 Å². The number of carboxylic acid groups (broad SMARTS) is 1. The van der Waals surface area contributed by atoms with E-state index >= 15 is 4.39 Å². The largest absolute Gasteiger partial charge is 0.494 e. The van der Waals surface area contributed by atoms with Crippen molar-refractivity contribution in [2.45, 2.75) is 91.0 Å². The van der Waals surface area contributed by atoms with Gasteiger partial charge >= 0.3 is 5.97 Å². The van der Waals surface area contributed by atoms with Gasteiger partial charge < -0.3 is 20.1 Å². The second-order valence-electron chi connectivity index (χ2n) is 10.8.